The highest BCUT2D eigenvalue weighted by Gasteiger charge is 2.24. The maximum Gasteiger partial charge on any atom is 0.227 e. The van der Waals surface area contributed by atoms with Crippen molar-refractivity contribution in [1.82, 2.24) is 0 Å². The van der Waals surface area contributed by atoms with Crippen LogP contribution in [0.25, 0.3) is 0 Å². The molecule has 20 heavy (non-hydrogen) atoms. The lowest BCUT2D eigenvalue weighted by Crippen LogP contribution is -2.22. The Hall–Kier alpha value is -1.55. The van der Waals surface area contributed by atoms with Gasteiger partial charge < -0.3 is 14.8 Å². The van der Waals surface area contributed by atoms with Gasteiger partial charge in [-0.1, -0.05) is 25.0 Å². The van der Waals surface area contributed by atoms with Crippen LogP contribution in [-0.2, 0) is 9.53 Å². The Labute approximate surface area is 119 Å². The standard InChI is InChI=1S/C16H21NO3/c18-16(12-5-1-2-6-12)17-14-7-3-4-8-15(14)20-13-9-10-19-11-13/h3-4,7-8,12-13H,1-2,5-6,9-11H2,(H,17,18). The second kappa shape index (κ2) is 6.27. The van der Waals surface area contributed by atoms with Gasteiger partial charge in [-0.25, -0.2) is 0 Å². The van der Waals surface area contributed by atoms with Crippen molar-refractivity contribution < 1.29 is 14.3 Å². The van der Waals surface area contributed by atoms with Gasteiger partial charge in [0.1, 0.15) is 11.9 Å². The lowest BCUT2D eigenvalue weighted by molar-refractivity contribution is -0.119. The van der Waals surface area contributed by atoms with E-state index in [2.05, 4.69) is 5.32 Å². The Morgan fingerprint density at radius 2 is 2.00 bits per heavy atom. The molecule has 4 nitrogen and oxygen atoms in total. The van der Waals surface area contributed by atoms with Crippen molar-refractivity contribution in [2.45, 2.75) is 38.2 Å². The lowest BCUT2D eigenvalue weighted by atomic mass is 10.1. The van der Waals surface area contributed by atoms with Crippen LogP contribution in [0.1, 0.15) is 32.1 Å². The molecule has 2 aliphatic rings. The molecule has 0 bridgehead atoms. The molecular weight excluding hydrogens is 254 g/mol. The number of carbonyl (C=O) groups excluding carboxylic acids is 1. The molecule has 1 amide bonds. The normalized spacial score (nSPS) is 22.9. The summed E-state index contributed by atoms with van der Waals surface area (Å²) < 4.78 is 11.2. The second-order valence-corrected chi connectivity index (χ2v) is 5.57. The van der Waals surface area contributed by atoms with Gasteiger partial charge in [-0.3, -0.25) is 4.79 Å². The molecular formula is C16H21NO3. The molecule has 1 saturated heterocycles. The first-order valence-corrected chi connectivity index (χ1v) is 7.47. The number of anilines is 1. The fourth-order valence-corrected chi connectivity index (χ4v) is 2.88. The molecule has 1 atom stereocenters. The zero-order valence-electron chi connectivity index (χ0n) is 11.6. The number of carbonyl (C=O) groups is 1. The van der Waals surface area contributed by atoms with E-state index in [0.29, 0.717) is 6.61 Å². The first kappa shape index (κ1) is 13.4. The molecule has 0 aromatic heterocycles. The van der Waals surface area contributed by atoms with Gasteiger partial charge >= 0.3 is 0 Å². The summed E-state index contributed by atoms with van der Waals surface area (Å²) in [5.74, 6) is 1.04. The van der Waals surface area contributed by atoms with Crippen LogP contribution in [0.4, 0.5) is 5.69 Å². The van der Waals surface area contributed by atoms with Crippen LogP contribution in [-0.4, -0.2) is 25.2 Å². The smallest absolute Gasteiger partial charge is 0.227 e. The average molecular weight is 275 g/mol. The number of para-hydroxylation sites is 2. The quantitative estimate of drug-likeness (QED) is 0.919. The maximum atomic E-state index is 12.2. The van der Waals surface area contributed by atoms with Crippen molar-refractivity contribution in [2.24, 2.45) is 5.92 Å². The summed E-state index contributed by atoms with van der Waals surface area (Å²) in [6.07, 6.45) is 5.34. The first-order valence-electron chi connectivity index (χ1n) is 7.47. The number of amides is 1. The zero-order chi connectivity index (χ0) is 13.8. The Morgan fingerprint density at radius 3 is 2.75 bits per heavy atom. The van der Waals surface area contributed by atoms with E-state index in [1.165, 1.54) is 0 Å². The van der Waals surface area contributed by atoms with Crippen LogP contribution in [0.2, 0.25) is 0 Å². The highest BCUT2D eigenvalue weighted by atomic mass is 16.5. The SMILES string of the molecule is O=C(Nc1ccccc1OC1CCOC1)C1CCCC1. The topological polar surface area (TPSA) is 47.6 Å². The minimum atomic E-state index is 0.0968. The highest BCUT2D eigenvalue weighted by Crippen LogP contribution is 2.30. The van der Waals surface area contributed by atoms with Gasteiger partial charge in [0.25, 0.3) is 0 Å². The van der Waals surface area contributed by atoms with Crippen molar-refractivity contribution >= 4 is 11.6 Å². The van der Waals surface area contributed by atoms with Crippen molar-refractivity contribution in [1.29, 1.82) is 0 Å². The molecule has 2 fully saturated rings. The molecule has 1 aliphatic carbocycles. The molecule has 1 aromatic carbocycles. The van der Waals surface area contributed by atoms with Gasteiger partial charge in [0.15, 0.2) is 0 Å². The monoisotopic (exact) mass is 275 g/mol. The van der Waals surface area contributed by atoms with E-state index in [4.69, 9.17) is 9.47 Å². The third-order valence-corrected chi connectivity index (χ3v) is 4.05. The molecule has 1 aliphatic heterocycles. The van der Waals surface area contributed by atoms with E-state index in [-0.39, 0.29) is 17.9 Å². The fraction of sp³-hybridized carbons (Fsp3) is 0.562. The summed E-state index contributed by atoms with van der Waals surface area (Å²) in [5.41, 5.74) is 0.774. The summed E-state index contributed by atoms with van der Waals surface area (Å²) in [6, 6.07) is 7.65. The predicted octanol–water partition coefficient (Wildman–Crippen LogP) is 2.98. The molecule has 0 spiro atoms. The van der Waals surface area contributed by atoms with Crippen molar-refractivity contribution in [2.75, 3.05) is 18.5 Å². The molecule has 0 radical (unpaired) electrons. The number of hydrogen-bond donors (Lipinski definition) is 1. The Balaban J connectivity index is 1.66. The molecule has 1 saturated carbocycles. The average Bonchev–Trinajstić information content (AvgIpc) is 3.13. The summed E-state index contributed by atoms with van der Waals surface area (Å²) in [4.78, 5) is 12.2. The Kier molecular flexibility index (Phi) is 4.21. The van der Waals surface area contributed by atoms with E-state index < -0.39 is 0 Å². The van der Waals surface area contributed by atoms with Crippen molar-refractivity contribution in [3.8, 4) is 5.75 Å². The van der Waals surface area contributed by atoms with E-state index >= 15 is 0 Å². The van der Waals surface area contributed by atoms with Gasteiger partial charge in [0.05, 0.1) is 18.9 Å². The van der Waals surface area contributed by atoms with Crippen LogP contribution in [0.15, 0.2) is 24.3 Å². The molecule has 3 rings (SSSR count). The molecule has 1 aromatic rings. The molecule has 108 valence electrons. The second-order valence-electron chi connectivity index (χ2n) is 5.57. The van der Waals surface area contributed by atoms with Crippen LogP contribution in [0.3, 0.4) is 0 Å². The number of ether oxygens (including phenoxy) is 2. The van der Waals surface area contributed by atoms with E-state index in [1.54, 1.807) is 0 Å². The molecule has 1 unspecified atom stereocenters. The largest absolute Gasteiger partial charge is 0.486 e. The van der Waals surface area contributed by atoms with Crippen molar-refractivity contribution in [3.63, 3.8) is 0 Å². The van der Waals surface area contributed by atoms with E-state index in [9.17, 15) is 4.79 Å². The Bertz CT molecular complexity index is 463. The van der Waals surface area contributed by atoms with Crippen LogP contribution >= 0.6 is 0 Å². The van der Waals surface area contributed by atoms with Crippen molar-refractivity contribution in [3.05, 3.63) is 24.3 Å². The molecule has 4 heteroatoms. The molecule has 1 heterocycles. The van der Waals surface area contributed by atoms with Gasteiger partial charge in [-0.05, 0) is 25.0 Å². The number of hydrogen-bond acceptors (Lipinski definition) is 3. The third-order valence-electron chi connectivity index (χ3n) is 4.05. The summed E-state index contributed by atoms with van der Waals surface area (Å²) >= 11 is 0. The third kappa shape index (κ3) is 3.12. The van der Waals surface area contributed by atoms with Crippen LogP contribution in [0.5, 0.6) is 5.75 Å². The zero-order valence-corrected chi connectivity index (χ0v) is 11.6. The van der Waals surface area contributed by atoms with Crippen LogP contribution < -0.4 is 10.1 Å². The maximum absolute atomic E-state index is 12.2. The number of rotatable bonds is 4. The van der Waals surface area contributed by atoms with Gasteiger partial charge in [-0.15, -0.1) is 0 Å². The van der Waals surface area contributed by atoms with Gasteiger partial charge in [0.2, 0.25) is 5.91 Å². The van der Waals surface area contributed by atoms with Gasteiger partial charge in [-0.2, -0.15) is 0 Å². The summed E-state index contributed by atoms with van der Waals surface area (Å²) in [5, 5.41) is 3.02. The van der Waals surface area contributed by atoms with E-state index in [0.717, 1.165) is 50.1 Å². The summed E-state index contributed by atoms with van der Waals surface area (Å²) in [7, 11) is 0. The van der Waals surface area contributed by atoms with Gasteiger partial charge in [0, 0.05) is 12.3 Å². The number of nitrogens with one attached hydrogen (secondary N) is 1. The Morgan fingerprint density at radius 1 is 1.20 bits per heavy atom. The fourth-order valence-electron chi connectivity index (χ4n) is 2.88. The molecule has 1 N–H and O–H groups in total. The first-order chi connectivity index (χ1) is 9.83. The minimum Gasteiger partial charge on any atom is -0.486 e. The van der Waals surface area contributed by atoms with E-state index in [1.807, 2.05) is 24.3 Å². The van der Waals surface area contributed by atoms with Crippen LogP contribution in [0, 0.1) is 5.92 Å². The highest BCUT2D eigenvalue weighted by molar-refractivity contribution is 5.94. The summed E-state index contributed by atoms with van der Waals surface area (Å²) in [6.45, 7) is 1.38. The number of benzene rings is 1. The minimum absolute atomic E-state index is 0.0968. The lowest BCUT2D eigenvalue weighted by Gasteiger charge is -2.17. The predicted molar refractivity (Wildman–Crippen MR) is 76.9 cm³/mol.